The third-order valence-corrected chi connectivity index (χ3v) is 3.26. The van der Waals surface area contributed by atoms with Crippen molar-refractivity contribution in [2.75, 3.05) is 24.2 Å². The van der Waals surface area contributed by atoms with Crippen LogP contribution in [0.3, 0.4) is 0 Å². The summed E-state index contributed by atoms with van der Waals surface area (Å²) in [6.07, 6.45) is 1.52. The van der Waals surface area contributed by atoms with E-state index >= 15 is 0 Å². The zero-order valence-corrected chi connectivity index (χ0v) is 9.87. The van der Waals surface area contributed by atoms with Gasteiger partial charge in [-0.05, 0) is 30.5 Å². The van der Waals surface area contributed by atoms with E-state index in [0.29, 0.717) is 13.1 Å². The molecule has 1 fully saturated rings. The maximum atomic E-state index is 11.5. The van der Waals surface area contributed by atoms with Gasteiger partial charge in [-0.1, -0.05) is 0 Å². The van der Waals surface area contributed by atoms with Crippen molar-refractivity contribution in [1.29, 1.82) is 0 Å². The summed E-state index contributed by atoms with van der Waals surface area (Å²) in [5.74, 6) is 0. The number of anilines is 1. The number of hydrogen-bond acceptors (Lipinski definition) is 4. The lowest BCUT2D eigenvalue weighted by Crippen LogP contribution is -2.27. The van der Waals surface area contributed by atoms with Gasteiger partial charge < -0.3 is 10.5 Å². The monoisotopic (exact) mass is 238 g/mol. The Balaban J connectivity index is 2.15. The number of carbonyl (C=O) groups is 1. The first-order chi connectivity index (χ1) is 7.74. The Kier molecular flexibility index (Phi) is 3.36. The van der Waals surface area contributed by atoms with Gasteiger partial charge in [-0.25, -0.2) is 4.79 Å². The molecule has 1 amide bonds. The number of hydrogen-bond donors (Lipinski definition) is 1. The molecule has 1 aromatic carbocycles. The van der Waals surface area contributed by atoms with E-state index < -0.39 is 0 Å². The summed E-state index contributed by atoms with van der Waals surface area (Å²) in [6, 6.07) is 7.82. The molecule has 1 aliphatic heterocycles. The lowest BCUT2D eigenvalue weighted by atomic mass is 10.3. The minimum Gasteiger partial charge on any atom is -0.443 e. The van der Waals surface area contributed by atoms with Crippen LogP contribution in [-0.4, -0.2) is 31.5 Å². The van der Waals surface area contributed by atoms with Gasteiger partial charge in [0.2, 0.25) is 0 Å². The highest BCUT2D eigenvalue weighted by Crippen LogP contribution is 2.24. The standard InChI is InChI=1S/C11H14N2O2S/c1-16-10-4-2-8(3-5-10)13-7-9(6-12)15-11(13)14/h2-5,9H,6-7,12H2,1H3. The molecule has 2 rings (SSSR count). The molecule has 0 radical (unpaired) electrons. The van der Waals surface area contributed by atoms with Crippen LogP contribution in [0.5, 0.6) is 0 Å². The lowest BCUT2D eigenvalue weighted by molar-refractivity contribution is 0.145. The van der Waals surface area contributed by atoms with Crippen LogP contribution in [-0.2, 0) is 4.74 Å². The molecule has 0 bridgehead atoms. The van der Waals surface area contributed by atoms with Crippen molar-refractivity contribution >= 4 is 23.5 Å². The Bertz CT molecular complexity index is 380. The van der Waals surface area contributed by atoms with Crippen LogP contribution in [0.4, 0.5) is 10.5 Å². The number of carbonyl (C=O) groups excluding carboxylic acids is 1. The molecule has 0 saturated carbocycles. The predicted molar refractivity (Wildman–Crippen MR) is 64.9 cm³/mol. The SMILES string of the molecule is CSc1ccc(N2CC(CN)OC2=O)cc1. The van der Waals surface area contributed by atoms with Gasteiger partial charge in [-0.3, -0.25) is 4.90 Å². The van der Waals surface area contributed by atoms with Gasteiger partial charge >= 0.3 is 6.09 Å². The molecule has 4 nitrogen and oxygen atoms in total. The molecule has 1 atom stereocenters. The molecule has 5 heteroatoms. The van der Waals surface area contributed by atoms with Crippen molar-refractivity contribution in [2.24, 2.45) is 5.73 Å². The second-order valence-electron chi connectivity index (χ2n) is 3.55. The van der Waals surface area contributed by atoms with Gasteiger partial charge in [0.05, 0.1) is 6.54 Å². The molecule has 1 unspecified atom stereocenters. The molecule has 1 heterocycles. The molecule has 0 aromatic heterocycles. The second kappa shape index (κ2) is 4.76. The summed E-state index contributed by atoms with van der Waals surface area (Å²) in [5, 5.41) is 0. The molecular formula is C11H14N2O2S. The highest BCUT2D eigenvalue weighted by Gasteiger charge is 2.31. The molecule has 0 aliphatic carbocycles. The van der Waals surface area contributed by atoms with Gasteiger partial charge in [-0.15, -0.1) is 11.8 Å². The Morgan fingerprint density at radius 3 is 2.69 bits per heavy atom. The highest BCUT2D eigenvalue weighted by atomic mass is 32.2. The number of rotatable bonds is 3. The average Bonchev–Trinajstić information content (AvgIpc) is 2.71. The Labute approximate surface area is 98.7 Å². The first-order valence-electron chi connectivity index (χ1n) is 5.07. The number of amides is 1. The van der Waals surface area contributed by atoms with E-state index in [9.17, 15) is 4.79 Å². The number of cyclic esters (lactones) is 1. The Hall–Kier alpha value is -1.20. The maximum Gasteiger partial charge on any atom is 0.414 e. The largest absolute Gasteiger partial charge is 0.443 e. The first-order valence-corrected chi connectivity index (χ1v) is 6.29. The minimum atomic E-state index is -0.313. The van der Waals surface area contributed by atoms with E-state index in [1.165, 1.54) is 4.90 Å². The molecule has 1 aromatic rings. The van der Waals surface area contributed by atoms with Crippen LogP contribution < -0.4 is 10.6 Å². The van der Waals surface area contributed by atoms with E-state index in [1.807, 2.05) is 30.5 Å². The maximum absolute atomic E-state index is 11.5. The Morgan fingerprint density at radius 1 is 1.50 bits per heavy atom. The van der Waals surface area contributed by atoms with Crippen LogP contribution in [0, 0.1) is 0 Å². The van der Waals surface area contributed by atoms with Crippen molar-refractivity contribution in [1.82, 2.24) is 0 Å². The van der Waals surface area contributed by atoms with E-state index in [0.717, 1.165) is 5.69 Å². The van der Waals surface area contributed by atoms with Crippen LogP contribution in [0.1, 0.15) is 0 Å². The quantitative estimate of drug-likeness (QED) is 0.814. The fourth-order valence-corrected chi connectivity index (χ4v) is 2.03. The fourth-order valence-electron chi connectivity index (χ4n) is 1.62. The summed E-state index contributed by atoms with van der Waals surface area (Å²) >= 11 is 1.67. The van der Waals surface area contributed by atoms with E-state index in [1.54, 1.807) is 16.7 Å². The molecule has 0 spiro atoms. The van der Waals surface area contributed by atoms with Crippen LogP contribution in [0.15, 0.2) is 29.2 Å². The zero-order chi connectivity index (χ0) is 11.5. The van der Waals surface area contributed by atoms with Crippen molar-refractivity contribution in [3.63, 3.8) is 0 Å². The molecule has 1 saturated heterocycles. The van der Waals surface area contributed by atoms with E-state index in [-0.39, 0.29) is 12.2 Å². The summed E-state index contributed by atoms with van der Waals surface area (Å²) in [6.45, 7) is 0.902. The normalized spacial score (nSPS) is 20.0. The number of ether oxygens (including phenoxy) is 1. The summed E-state index contributed by atoms with van der Waals surface area (Å²) in [7, 11) is 0. The minimum absolute atomic E-state index is 0.187. The summed E-state index contributed by atoms with van der Waals surface area (Å²) in [5.41, 5.74) is 6.33. The molecular weight excluding hydrogens is 224 g/mol. The number of nitrogens with zero attached hydrogens (tertiary/aromatic N) is 1. The van der Waals surface area contributed by atoms with Crippen LogP contribution in [0.25, 0.3) is 0 Å². The number of thioether (sulfide) groups is 1. The van der Waals surface area contributed by atoms with Crippen LogP contribution in [0.2, 0.25) is 0 Å². The second-order valence-corrected chi connectivity index (χ2v) is 4.43. The van der Waals surface area contributed by atoms with Gasteiger partial charge in [0, 0.05) is 17.1 Å². The molecule has 16 heavy (non-hydrogen) atoms. The molecule has 1 aliphatic rings. The highest BCUT2D eigenvalue weighted by molar-refractivity contribution is 7.98. The van der Waals surface area contributed by atoms with Crippen molar-refractivity contribution in [2.45, 2.75) is 11.0 Å². The van der Waals surface area contributed by atoms with Gasteiger partial charge in [0.15, 0.2) is 0 Å². The number of benzene rings is 1. The smallest absolute Gasteiger partial charge is 0.414 e. The Morgan fingerprint density at radius 2 is 2.19 bits per heavy atom. The van der Waals surface area contributed by atoms with Crippen LogP contribution >= 0.6 is 11.8 Å². The third kappa shape index (κ3) is 2.15. The molecule has 2 N–H and O–H groups in total. The predicted octanol–water partition coefficient (Wildman–Crippen LogP) is 1.69. The van der Waals surface area contributed by atoms with Crippen molar-refractivity contribution in [3.8, 4) is 0 Å². The van der Waals surface area contributed by atoms with Gasteiger partial charge in [-0.2, -0.15) is 0 Å². The van der Waals surface area contributed by atoms with Gasteiger partial charge in [0.25, 0.3) is 0 Å². The molecule has 86 valence electrons. The number of nitrogens with two attached hydrogens (primary N) is 1. The topological polar surface area (TPSA) is 55.6 Å². The first kappa shape index (κ1) is 11.3. The third-order valence-electron chi connectivity index (χ3n) is 2.52. The lowest BCUT2D eigenvalue weighted by Gasteiger charge is -2.12. The van der Waals surface area contributed by atoms with E-state index in [4.69, 9.17) is 10.5 Å². The van der Waals surface area contributed by atoms with Crippen molar-refractivity contribution in [3.05, 3.63) is 24.3 Å². The summed E-state index contributed by atoms with van der Waals surface area (Å²) in [4.78, 5) is 14.3. The average molecular weight is 238 g/mol. The van der Waals surface area contributed by atoms with Gasteiger partial charge in [0.1, 0.15) is 6.10 Å². The van der Waals surface area contributed by atoms with E-state index in [2.05, 4.69) is 0 Å². The van der Waals surface area contributed by atoms with Crippen molar-refractivity contribution < 1.29 is 9.53 Å². The summed E-state index contributed by atoms with van der Waals surface area (Å²) < 4.78 is 5.09. The fraction of sp³-hybridized carbons (Fsp3) is 0.364. The zero-order valence-electron chi connectivity index (χ0n) is 9.05.